The van der Waals surface area contributed by atoms with Crippen LogP contribution in [0.1, 0.15) is 79.1 Å². The highest BCUT2D eigenvalue weighted by Gasteiger charge is 2.11. The van der Waals surface area contributed by atoms with Gasteiger partial charge in [0.2, 0.25) is 0 Å². The Labute approximate surface area is 135 Å². The number of rotatable bonds is 13. The fraction of sp³-hybridized carbons (Fsp3) is 0.889. The van der Waals surface area contributed by atoms with E-state index in [1.54, 1.807) is 0 Å². The van der Waals surface area contributed by atoms with Crippen LogP contribution in [0.4, 0.5) is 0 Å². The van der Waals surface area contributed by atoms with Gasteiger partial charge in [-0.3, -0.25) is 9.59 Å². The molecule has 0 atom stereocenters. The molecule has 0 saturated carbocycles. The summed E-state index contributed by atoms with van der Waals surface area (Å²) in [5.74, 6) is 0.622. The maximum absolute atomic E-state index is 11.6. The Bertz CT molecular complexity index is 263. The van der Waals surface area contributed by atoms with Crippen LogP contribution in [-0.4, -0.2) is 25.2 Å². The van der Waals surface area contributed by atoms with Crippen LogP contribution in [0.15, 0.2) is 0 Å². The molecule has 0 spiro atoms. The third-order valence-electron chi connectivity index (χ3n) is 4.42. The first kappa shape index (κ1) is 20.9. The Balaban J connectivity index is 3.66. The van der Waals surface area contributed by atoms with Gasteiger partial charge in [-0.1, -0.05) is 53.4 Å². The Hall–Kier alpha value is -1.06. The molecule has 0 fully saturated rings. The smallest absolute Gasteiger partial charge is 0.306 e. The van der Waals surface area contributed by atoms with Crippen molar-refractivity contribution >= 4 is 11.9 Å². The highest BCUT2D eigenvalue weighted by atomic mass is 16.5. The van der Waals surface area contributed by atoms with E-state index in [-0.39, 0.29) is 24.8 Å². The molecule has 0 aliphatic rings. The predicted molar refractivity (Wildman–Crippen MR) is 88.5 cm³/mol. The Kier molecular flexibility index (Phi) is 12.9. The second kappa shape index (κ2) is 13.6. The number of carbonyl (C=O) groups is 2. The van der Waals surface area contributed by atoms with Crippen molar-refractivity contribution in [1.82, 2.24) is 0 Å². The molecule has 22 heavy (non-hydrogen) atoms. The summed E-state index contributed by atoms with van der Waals surface area (Å²) in [5, 5.41) is 0. The molecule has 0 aromatic heterocycles. The standard InChI is InChI=1S/C18H34O4/c1-5-15(6-2)11-13-21-17(19)9-10-18(20)22-14-12-16(7-3)8-4/h15-16H,5-14H2,1-4H3. The van der Waals surface area contributed by atoms with Crippen LogP contribution in [0.2, 0.25) is 0 Å². The number of hydrogen-bond acceptors (Lipinski definition) is 4. The molecular weight excluding hydrogens is 280 g/mol. The zero-order chi connectivity index (χ0) is 16.8. The maximum atomic E-state index is 11.6. The van der Waals surface area contributed by atoms with Crippen molar-refractivity contribution in [2.24, 2.45) is 11.8 Å². The van der Waals surface area contributed by atoms with Crippen molar-refractivity contribution < 1.29 is 19.1 Å². The highest BCUT2D eigenvalue weighted by molar-refractivity contribution is 5.77. The summed E-state index contributed by atoms with van der Waals surface area (Å²) < 4.78 is 10.3. The SMILES string of the molecule is CCC(CC)CCOC(=O)CCC(=O)OCCC(CC)CC. The third-order valence-corrected chi connectivity index (χ3v) is 4.42. The van der Waals surface area contributed by atoms with E-state index in [9.17, 15) is 9.59 Å². The molecule has 0 heterocycles. The number of hydrogen-bond donors (Lipinski definition) is 0. The molecule has 0 N–H and O–H groups in total. The molecule has 0 aromatic rings. The lowest BCUT2D eigenvalue weighted by molar-refractivity contribution is -0.150. The van der Waals surface area contributed by atoms with Crippen molar-refractivity contribution in [1.29, 1.82) is 0 Å². The van der Waals surface area contributed by atoms with Gasteiger partial charge < -0.3 is 9.47 Å². The first-order valence-corrected chi connectivity index (χ1v) is 8.88. The van der Waals surface area contributed by atoms with E-state index in [1.807, 2.05) is 0 Å². The van der Waals surface area contributed by atoms with Crippen molar-refractivity contribution in [3.05, 3.63) is 0 Å². The summed E-state index contributed by atoms with van der Waals surface area (Å²) >= 11 is 0. The summed E-state index contributed by atoms with van der Waals surface area (Å²) in [6.45, 7) is 9.49. The minimum Gasteiger partial charge on any atom is -0.466 e. The number of carbonyl (C=O) groups excluding carboxylic acids is 2. The first-order valence-electron chi connectivity index (χ1n) is 8.88. The summed E-state index contributed by atoms with van der Waals surface area (Å²) in [7, 11) is 0. The summed E-state index contributed by atoms with van der Waals surface area (Å²) in [5.41, 5.74) is 0. The third kappa shape index (κ3) is 10.6. The highest BCUT2D eigenvalue weighted by Crippen LogP contribution is 2.13. The van der Waals surface area contributed by atoms with Gasteiger partial charge in [-0.2, -0.15) is 0 Å². The fourth-order valence-corrected chi connectivity index (χ4v) is 2.42. The predicted octanol–water partition coefficient (Wildman–Crippen LogP) is 4.51. The van der Waals surface area contributed by atoms with Crippen LogP contribution in [-0.2, 0) is 19.1 Å². The molecule has 0 aliphatic heterocycles. The van der Waals surface area contributed by atoms with Crippen LogP contribution in [0, 0.1) is 11.8 Å². The molecule has 0 radical (unpaired) electrons. The van der Waals surface area contributed by atoms with E-state index in [1.165, 1.54) is 0 Å². The van der Waals surface area contributed by atoms with Gasteiger partial charge in [-0.05, 0) is 24.7 Å². The largest absolute Gasteiger partial charge is 0.466 e. The van der Waals surface area contributed by atoms with Gasteiger partial charge in [0.15, 0.2) is 0 Å². The average Bonchev–Trinajstić information content (AvgIpc) is 2.53. The topological polar surface area (TPSA) is 52.6 Å². The molecule has 4 nitrogen and oxygen atoms in total. The monoisotopic (exact) mass is 314 g/mol. The van der Waals surface area contributed by atoms with E-state index in [2.05, 4.69) is 27.7 Å². The van der Waals surface area contributed by atoms with Gasteiger partial charge in [0.05, 0.1) is 26.1 Å². The maximum Gasteiger partial charge on any atom is 0.306 e. The van der Waals surface area contributed by atoms with Crippen molar-refractivity contribution in [3.8, 4) is 0 Å². The van der Waals surface area contributed by atoms with Gasteiger partial charge >= 0.3 is 11.9 Å². The molecule has 0 bridgehead atoms. The Morgan fingerprint density at radius 1 is 0.682 bits per heavy atom. The lowest BCUT2D eigenvalue weighted by Gasteiger charge is -2.12. The van der Waals surface area contributed by atoms with Crippen LogP contribution >= 0.6 is 0 Å². The lowest BCUT2D eigenvalue weighted by atomic mass is 10.0. The summed E-state index contributed by atoms with van der Waals surface area (Å²) in [4.78, 5) is 23.1. The zero-order valence-electron chi connectivity index (χ0n) is 14.9. The van der Waals surface area contributed by atoms with Crippen LogP contribution in [0.5, 0.6) is 0 Å². The molecule has 4 heteroatoms. The number of ether oxygens (including phenoxy) is 2. The summed E-state index contributed by atoms with van der Waals surface area (Å²) in [6, 6.07) is 0. The fourth-order valence-electron chi connectivity index (χ4n) is 2.42. The van der Waals surface area contributed by atoms with E-state index in [0.29, 0.717) is 25.0 Å². The van der Waals surface area contributed by atoms with Gasteiger partial charge in [-0.25, -0.2) is 0 Å². The lowest BCUT2D eigenvalue weighted by Crippen LogP contribution is -2.13. The second-order valence-electron chi connectivity index (χ2n) is 5.88. The molecule has 0 rings (SSSR count). The van der Waals surface area contributed by atoms with E-state index in [4.69, 9.17) is 9.47 Å². The van der Waals surface area contributed by atoms with Crippen LogP contribution in [0.3, 0.4) is 0 Å². The normalized spacial score (nSPS) is 11.0. The van der Waals surface area contributed by atoms with Crippen molar-refractivity contribution in [2.75, 3.05) is 13.2 Å². The summed E-state index contributed by atoms with van der Waals surface area (Å²) in [6.07, 6.45) is 6.47. The van der Waals surface area contributed by atoms with Gasteiger partial charge in [-0.15, -0.1) is 0 Å². The number of esters is 2. The minimum atomic E-state index is -0.303. The molecule has 0 aliphatic carbocycles. The second-order valence-corrected chi connectivity index (χ2v) is 5.88. The minimum absolute atomic E-state index is 0.118. The molecule has 130 valence electrons. The Morgan fingerprint density at radius 3 is 1.27 bits per heavy atom. The molecule has 0 aromatic carbocycles. The molecular formula is C18H34O4. The van der Waals surface area contributed by atoms with Crippen molar-refractivity contribution in [3.63, 3.8) is 0 Å². The Morgan fingerprint density at radius 2 is 1.00 bits per heavy atom. The van der Waals surface area contributed by atoms with Crippen molar-refractivity contribution in [2.45, 2.75) is 79.1 Å². The first-order chi connectivity index (χ1) is 10.6. The van der Waals surface area contributed by atoms with E-state index < -0.39 is 0 Å². The molecule has 0 unspecified atom stereocenters. The van der Waals surface area contributed by atoms with Crippen LogP contribution in [0.25, 0.3) is 0 Å². The quantitative estimate of drug-likeness (QED) is 0.469. The van der Waals surface area contributed by atoms with Gasteiger partial charge in [0.25, 0.3) is 0 Å². The van der Waals surface area contributed by atoms with Gasteiger partial charge in [0.1, 0.15) is 0 Å². The molecule has 0 amide bonds. The zero-order valence-corrected chi connectivity index (χ0v) is 14.9. The van der Waals surface area contributed by atoms with E-state index in [0.717, 1.165) is 38.5 Å². The van der Waals surface area contributed by atoms with Crippen LogP contribution < -0.4 is 0 Å². The van der Waals surface area contributed by atoms with E-state index >= 15 is 0 Å². The average molecular weight is 314 g/mol. The molecule has 0 saturated heterocycles. The van der Waals surface area contributed by atoms with Gasteiger partial charge in [0, 0.05) is 0 Å².